The summed E-state index contributed by atoms with van der Waals surface area (Å²) in [6.45, 7) is 2.19. The van der Waals surface area contributed by atoms with Crippen LogP contribution in [0.3, 0.4) is 0 Å². The molecular formula is C10H22CuO3S. The summed E-state index contributed by atoms with van der Waals surface area (Å²) in [6.07, 6.45) is 8.85. The molecule has 0 rings (SSSR count). The van der Waals surface area contributed by atoms with E-state index in [1.54, 1.807) is 0 Å². The molecule has 15 heavy (non-hydrogen) atoms. The van der Waals surface area contributed by atoms with Crippen molar-refractivity contribution in [2.45, 2.75) is 58.3 Å². The molecule has 0 aliphatic carbocycles. The first-order valence-corrected chi connectivity index (χ1v) is 7.12. The van der Waals surface area contributed by atoms with Gasteiger partial charge in [0.25, 0.3) is 10.1 Å². The molecule has 0 saturated heterocycles. The Morgan fingerprint density at radius 2 is 1.27 bits per heavy atom. The van der Waals surface area contributed by atoms with Crippen LogP contribution in [0.1, 0.15) is 58.3 Å². The molecule has 1 radical (unpaired) electrons. The van der Waals surface area contributed by atoms with Gasteiger partial charge in [0, 0.05) is 17.1 Å². The molecule has 0 fully saturated rings. The van der Waals surface area contributed by atoms with Gasteiger partial charge in [0.05, 0.1) is 5.75 Å². The zero-order chi connectivity index (χ0) is 10.9. The summed E-state index contributed by atoms with van der Waals surface area (Å²) in [4.78, 5) is 0. The summed E-state index contributed by atoms with van der Waals surface area (Å²) in [6, 6.07) is 0. The zero-order valence-corrected chi connectivity index (χ0v) is 11.1. The van der Waals surface area contributed by atoms with Crippen molar-refractivity contribution in [3.8, 4) is 0 Å². The second-order valence-electron chi connectivity index (χ2n) is 3.76. The molecule has 0 saturated carbocycles. The van der Waals surface area contributed by atoms with E-state index in [2.05, 4.69) is 6.92 Å². The molecule has 0 spiro atoms. The van der Waals surface area contributed by atoms with Gasteiger partial charge in [-0.1, -0.05) is 51.9 Å². The molecule has 0 bridgehead atoms. The molecule has 0 aliphatic heterocycles. The van der Waals surface area contributed by atoms with Crippen LogP contribution in [0.2, 0.25) is 0 Å². The Morgan fingerprint density at radius 3 is 1.67 bits per heavy atom. The SMILES string of the molecule is CCCCCCCCCCS(=O)(=O)O.[Cu]. The molecule has 0 aromatic heterocycles. The van der Waals surface area contributed by atoms with Gasteiger partial charge >= 0.3 is 0 Å². The van der Waals surface area contributed by atoms with Gasteiger partial charge < -0.3 is 0 Å². The van der Waals surface area contributed by atoms with Gasteiger partial charge in [-0.2, -0.15) is 8.42 Å². The molecule has 0 unspecified atom stereocenters. The summed E-state index contributed by atoms with van der Waals surface area (Å²) in [7, 11) is -3.73. The van der Waals surface area contributed by atoms with E-state index in [-0.39, 0.29) is 22.8 Å². The van der Waals surface area contributed by atoms with Gasteiger partial charge in [-0.05, 0) is 6.42 Å². The molecule has 0 heterocycles. The first kappa shape index (κ1) is 17.8. The monoisotopic (exact) mass is 285 g/mol. The molecule has 0 aromatic carbocycles. The molecule has 0 aliphatic rings. The maximum Gasteiger partial charge on any atom is 0.264 e. The van der Waals surface area contributed by atoms with Crippen molar-refractivity contribution in [2.24, 2.45) is 0 Å². The molecule has 3 nitrogen and oxygen atoms in total. The van der Waals surface area contributed by atoms with Gasteiger partial charge in [-0.25, -0.2) is 0 Å². The summed E-state index contributed by atoms with van der Waals surface area (Å²) >= 11 is 0. The number of hydrogen-bond donors (Lipinski definition) is 1. The van der Waals surface area contributed by atoms with E-state index >= 15 is 0 Å². The van der Waals surface area contributed by atoms with Crippen LogP contribution >= 0.6 is 0 Å². The fraction of sp³-hybridized carbons (Fsp3) is 1.00. The van der Waals surface area contributed by atoms with Crippen molar-refractivity contribution >= 4 is 10.1 Å². The fourth-order valence-electron chi connectivity index (χ4n) is 1.42. The minimum Gasteiger partial charge on any atom is -0.286 e. The Hall–Kier alpha value is 0.429. The van der Waals surface area contributed by atoms with Gasteiger partial charge in [-0.3, -0.25) is 4.55 Å². The third kappa shape index (κ3) is 17.1. The van der Waals surface area contributed by atoms with Crippen LogP contribution in [0.25, 0.3) is 0 Å². The van der Waals surface area contributed by atoms with Gasteiger partial charge in [0.15, 0.2) is 0 Å². The topological polar surface area (TPSA) is 54.4 Å². The summed E-state index contributed by atoms with van der Waals surface area (Å²) in [5.41, 5.74) is 0. The second kappa shape index (κ2) is 10.9. The number of hydrogen-bond acceptors (Lipinski definition) is 2. The molecule has 5 heteroatoms. The summed E-state index contributed by atoms with van der Waals surface area (Å²) in [5.74, 6) is -0.0814. The third-order valence-corrected chi connectivity index (χ3v) is 3.06. The third-order valence-electron chi connectivity index (χ3n) is 2.26. The van der Waals surface area contributed by atoms with E-state index in [0.717, 1.165) is 12.8 Å². The molecule has 0 atom stereocenters. The smallest absolute Gasteiger partial charge is 0.264 e. The van der Waals surface area contributed by atoms with Crippen LogP contribution in [-0.4, -0.2) is 18.7 Å². The van der Waals surface area contributed by atoms with Gasteiger partial charge in [-0.15, -0.1) is 0 Å². The molecule has 0 amide bonds. The van der Waals surface area contributed by atoms with Crippen molar-refractivity contribution in [3.05, 3.63) is 0 Å². The average molecular weight is 286 g/mol. The Balaban J connectivity index is 0. The van der Waals surface area contributed by atoms with E-state index in [1.165, 1.54) is 32.1 Å². The van der Waals surface area contributed by atoms with E-state index < -0.39 is 10.1 Å². The van der Waals surface area contributed by atoms with Gasteiger partial charge in [0.1, 0.15) is 0 Å². The van der Waals surface area contributed by atoms with Crippen molar-refractivity contribution in [2.75, 3.05) is 5.75 Å². The van der Waals surface area contributed by atoms with E-state index in [4.69, 9.17) is 4.55 Å². The first-order valence-electron chi connectivity index (χ1n) is 5.51. The predicted octanol–water partition coefficient (Wildman–Crippen LogP) is 3.01. The van der Waals surface area contributed by atoms with Crippen LogP contribution < -0.4 is 0 Å². The van der Waals surface area contributed by atoms with Crippen molar-refractivity contribution in [3.63, 3.8) is 0 Å². The van der Waals surface area contributed by atoms with Crippen molar-refractivity contribution in [1.82, 2.24) is 0 Å². The number of rotatable bonds is 9. The number of unbranched alkanes of at least 4 members (excludes halogenated alkanes) is 7. The Bertz CT molecular complexity index is 215. The Kier molecular flexibility index (Phi) is 13.0. The van der Waals surface area contributed by atoms with Crippen molar-refractivity contribution < 1.29 is 30.0 Å². The maximum absolute atomic E-state index is 10.4. The largest absolute Gasteiger partial charge is 0.286 e. The average Bonchev–Trinajstić information content (AvgIpc) is 2.08. The maximum atomic E-state index is 10.4. The van der Waals surface area contributed by atoms with Crippen molar-refractivity contribution in [1.29, 1.82) is 0 Å². The van der Waals surface area contributed by atoms with E-state index in [9.17, 15) is 8.42 Å². The summed E-state index contributed by atoms with van der Waals surface area (Å²) in [5, 5.41) is 0. The zero-order valence-electron chi connectivity index (χ0n) is 9.34. The Labute approximate surface area is 104 Å². The van der Waals surface area contributed by atoms with Crippen LogP contribution in [0.4, 0.5) is 0 Å². The van der Waals surface area contributed by atoms with E-state index in [0.29, 0.717) is 6.42 Å². The fourth-order valence-corrected chi connectivity index (χ4v) is 1.99. The molecule has 1 N–H and O–H groups in total. The molecule has 0 aromatic rings. The molecular weight excluding hydrogens is 264 g/mol. The second-order valence-corrected chi connectivity index (χ2v) is 5.33. The first-order chi connectivity index (χ1) is 6.56. The van der Waals surface area contributed by atoms with Crippen LogP contribution in [-0.2, 0) is 27.2 Å². The van der Waals surface area contributed by atoms with Gasteiger partial charge in [0.2, 0.25) is 0 Å². The van der Waals surface area contributed by atoms with Crippen LogP contribution in [0.5, 0.6) is 0 Å². The summed E-state index contributed by atoms with van der Waals surface area (Å²) < 4.78 is 29.2. The Morgan fingerprint density at radius 1 is 0.867 bits per heavy atom. The quantitative estimate of drug-likeness (QED) is 0.402. The minimum atomic E-state index is -3.73. The molecule has 97 valence electrons. The predicted molar refractivity (Wildman–Crippen MR) is 59.0 cm³/mol. The van der Waals surface area contributed by atoms with Crippen LogP contribution in [0, 0.1) is 0 Å². The minimum absolute atomic E-state index is 0. The van der Waals surface area contributed by atoms with Crippen LogP contribution in [0.15, 0.2) is 0 Å². The normalized spacial score (nSPS) is 11.1. The standard InChI is InChI=1S/C10H22O3S.Cu/c1-2-3-4-5-6-7-8-9-10-14(11,12)13;/h2-10H2,1H3,(H,11,12,13);. The van der Waals surface area contributed by atoms with E-state index in [1.807, 2.05) is 0 Å².